The molecule has 2 aromatic rings. The van der Waals surface area contributed by atoms with E-state index in [0.717, 1.165) is 11.1 Å². The smallest absolute Gasteiger partial charge is 0.164 e. The van der Waals surface area contributed by atoms with Crippen LogP contribution in [0.1, 0.15) is 33.8 Å². The Morgan fingerprint density at radius 2 is 1.95 bits per heavy atom. The number of halogens is 1. The van der Waals surface area contributed by atoms with Gasteiger partial charge in [0.05, 0.1) is 0 Å². The van der Waals surface area contributed by atoms with Gasteiger partial charge in [0.2, 0.25) is 0 Å². The van der Waals surface area contributed by atoms with Gasteiger partial charge in [-0.1, -0.05) is 53.5 Å². The van der Waals surface area contributed by atoms with E-state index in [1.54, 1.807) is 18.2 Å². The van der Waals surface area contributed by atoms with Gasteiger partial charge >= 0.3 is 0 Å². The van der Waals surface area contributed by atoms with Gasteiger partial charge in [-0.05, 0) is 30.2 Å². The van der Waals surface area contributed by atoms with E-state index in [-0.39, 0.29) is 11.7 Å². The molecule has 0 fully saturated rings. The molecule has 1 nitrogen and oxygen atoms in total. The molecule has 0 saturated heterocycles. The van der Waals surface area contributed by atoms with Gasteiger partial charge in [-0.25, -0.2) is 0 Å². The van der Waals surface area contributed by atoms with Gasteiger partial charge in [0.25, 0.3) is 0 Å². The maximum absolute atomic E-state index is 12.5. The molecule has 0 spiro atoms. The molecule has 0 bridgehead atoms. The molecule has 1 unspecified atom stereocenters. The van der Waals surface area contributed by atoms with Crippen LogP contribution in [0.25, 0.3) is 0 Å². The van der Waals surface area contributed by atoms with Crippen LogP contribution in [-0.4, -0.2) is 13.6 Å². The summed E-state index contributed by atoms with van der Waals surface area (Å²) in [4.78, 5) is 12.5. The first-order chi connectivity index (χ1) is 10.0. The van der Waals surface area contributed by atoms with Crippen LogP contribution in [-0.2, 0) is 0 Å². The van der Waals surface area contributed by atoms with Crippen molar-refractivity contribution in [2.45, 2.75) is 19.3 Å². The second-order valence-corrected chi connectivity index (χ2v) is 5.53. The molecule has 2 rings (SSSR count). The molecule has 0 N–H and O–H groups in total. The molecule has 0 aliphatic carbocycles. The Morgan fingerprint density at radius 1 is 1.29 bits per heavy atom. The van der Waals surface area contributed by atoms with Crippen LogP contribution in [0.15, 0.2) is 55.1 Å². The molecular weight excluding hydrogens is 278 g/mol. The Bertz CT molecular complexity index is 661. The molecule has 0 heterocycles. The maximum Gasteiger partial charge on any atom is 0.164 e. The third-order valence-corrected chi connectivity index (χ3v) is 3.80. The first kappa shape index (κ1) is 15.6. The molecule has 0 amide bonds. The molecule has 21 heavy (non-hydrogen) atoms. The lowest BCUT2D eigenvalue weighted by molar-refractivity contribution is 0.0978. The van der Waals surface area contributed by atoms with Gasteiger partial charge in [-0.3, -0.25) is 4.79 Å². The van der Waals surface area contributed by atoms with Crippen molar-refractivity contribution < 1.29 is 4.79 Å². The SMILES string of the molecule is [B]c1ccc(C)c(C(=O)CC(C=C)c2ccc(Cl)cc2)c1. The van der Waals surface area contributed by atoms with Gasteiger partial charge in [0.1, 0.15) is 7.85 Å². The number of Topliss-reactive ketones (excluding diaryl/α,β-unsaturated/α-hetero) is 1. The zero-order valence-electron chi connectivity index (χ0n) is 12.0. The van der Waals surface area contributed by atoms with Gasteiger partial charge in [-0.2, -0.15) is 0 Å². The predicted octanol–water partition coefficient (Wildman–Crippen LogP) is 3.98. The fourth-order valence-corrected chi connectivity index (χ4v) is 2.42. The van der Waals surface area contributed by atoms with E-state index in [1.165, 1.54) is 0 Å². The van der Waals surface area contributed by atoms with E-state index in [2.05, 4.69) is 6.58 Å². The van der Waals surface area contributed by atoms with Gasteiger partial charge < -0.3 is 0 Å². The van der Waals surface area contributed by atoms with Crippen molar-refractivity contribution in [3.63, 3.8) is 0 Å². The minimum absolute atomic E-state index is 0.0319. The number of benzene rings is 2. The molecule has 0 aliphatic heterocycles. The molecule has 3 heteroatoms. The molecule has 104 valence electrons. The number of hydrogen-bond acceptors (Lipinski definition) is 1. The van der Waals surface area contributed by atoms with Crippen LogP contribution in [0, 0.1) is 6.92 Å². The third-order valence-electron chi connectivity index (χ3n) is 3.55. The van der Waals surface area contributed by atoms with Crippen molar-refractivity contribution in [2.24, 2.45) is 0 Å². The summed E-state index contributed by atoms with van der Waals surface area (Å²) >= 11 is 5.89. The maximum atomic E-state index is 12.5. The zero-order valence-corrected chi connectivity index (χ0v) is 12.7. The van der Waals surface area contributed by atoms with Gasteiger partial charge in [-0.15, -0.1) is 6.58 Å². The Hall–Kier alpha value is -1.80. The minimum Gasteiger partial charge on any atom is -0.294 e. The Balaban J connectivity index is 2.22. The number of carbonyl (C=O) groups is 1. The van der Waals surface area contributed by atoms with E-state index in [1.807, 2.05) is 37.3 Å². The van der Waals surface area contributed by atoms with Crippen molar-refractivity contribution in [3.05, 3.63) is 76.8 Å². The molecule has 0 aliphatic rings. The average molecular weight is 295 g/mol. The summed E-state index contributed by atoms with van der Waals surface area (Å²) in [5, 5.41) is 0.680. The van der Waals surface area contributed by atoms with E-state index in [0.29, 0.717) is 22.5 Å². The Morgan fingerprint density at radius 3 is 2.57 bits per heavy atom. The van der Waals surface area contributed by atoms with Crippen molar-refractivity contribution in [1.29, 1.82) is 0 Å². The van der Waals surface area contributed by atoms with Crippen LogP contribution in [0.4, 0.5) is 0 Å². The highest BCUT2D eigenvalue weighted by Gasteiger charge is 2.16. The topological polar surface area (TPSA) is 17.1 Å². The number of rotatable bonds is 5. The summed E-state index contributed by atoms with van der Waals surface area (Å²) in [6, 6.07) is 12.9. The molecule has 1 atom stereocenters. The summed E-state index contributed by atoms with van der Waals surface area (Å²) in [7, 11) is 5.77. The second kappa shape index (κ2) is 6.77. The number of aryl methyl sites for hydroxylation is 1. The van der Waals surface area contributed by atoms with E-state index in [9.17, 15) is 4.79 Å². The van der Waals surface area contributed by atoms with Crippen LogP contribution >= 0.6 is 11.6 Å². The van der Waals surface area contributed by atoms with Crippen LogP contribution in [0.2, 0.25) is 5.02 Å². The first-order valence-corrected chi connectivity index (χ1v) is 7.16. The Kier molecular flexibility index (Phi) is 5.03. The third kappa shape index (κ3) is 3.86. The second-order valence-electron chi connectivity index (χ2n) is 5.10. The van der Waals surface area contributed by atoms with Crippen molar-refractivity contribution in [3.8, 4) is 0 Å². The lowest BCUT2D eigenvalue weighted by Crippen LogP contribution is -2.12. The monoisotopic (exact) mass is 294 g/mol. The van der Waals surface area contributed by atoms with Gasteiger partial charge in [0.15, 0.2) is 5.78 Å². The lowest BCUT2D eigenvalue weighted by Gasteiger charge is -2.14. The highest BCUT2D eigenvalue weighted by molar-refractivity contribution is 6.32. The highest BCUT2D eigenvalue weighted by atomic mass is 35.5. The van der Waals surface area contributed by atoms with Crippen LogP contribution in [0.5, 0.6) is 0 Å². The summed E-state index contributed by atoms with van der Waals surface area (Å²) in [6.45, 7) is 5.75. The normalized spacial score (nSPS) is 11.9. The van der Waals surface area contributed by atoms with Crippen molar-refractivity contribution in [2.75, 3.05) is 0 Å². The van der Waals surface area contributed by atoms with Crippen LogP contribution in [0.3, 0.4) is 0 Å². The quantitative estimate of drug-likeness (QED) is 0.463. The van der Waals surface area contributed by atoms with E-state index < -0.39 is 0 Å². The lowest BCUT2D eigenvalue weighted by atomic mass is 9.87. The number of allylic oxidation sites excluding steroid dienone is 1. The van der Waals surface area contributed by atoms with Crippen molar-refractivity contribution in [1.82, 2.24) is 0 Å². The van der Waals surface area contributed by atoms with Crippen molar-refractivity contribution >= 4 is 30.7 Å². The summed E-state index contributed by atoms with van der Waals surface area (Å²) in [5.74, 6) is 0.0373. The molecule has 0 saturated carbocycles. The molecule has 0 aromatic heterocycles. The average Bonchev–Trinajstić information content (AvgIpc) is 2.48. The summed E-state index contributed by atoms with van der Waals surface area (Å²) < 4.78 is 0. The zero-order chi connectivity index (χ0) is 15.4. The molecule has 2 radical (unpaired) electrons. The summed E-state index contributed by atoms with van der Waals surface area (Å²) in [6.07, 6.45) is 2.16. The number of hydrogen-bond donors (Lipinski definition) is 0. The highest BCUT2D eigenvalue weighted by Crippen LogP contribution is 2.25. The summed E-state index contributed by atoms with van der Waals surface area (Å²) in [5.41, 5.74) is 3.25. The fraction of sp³-hybridized carbons (Fsp3) is 0.167. The first-order valence-electron chi connectivity index (χ1n) is 6.78. The minimum atomic E-state index is -0.0319. The van der Waals surface area contributed by atoms with E-state index >= 15 is 0 Å². The Labute approximate surface area is 132 Å². The molecular formula is C18H16BClO. The standard InChI is InChI=1S/C18H16BClO/c1-3-13(14-5-8-16(20)9-6-14)10-18(21)17-11-15(19)7-4-12(17)2/h3-9,11,13H,1,10H2,2H3. The predicted molar refractivity (Wildman–Crippen MR) is 89.9 cm³/mol. The van der Waals surface area contributed by atoms with Crippen LogP contribution < -0.4 is 5.46 Å². The van der Waals surface area contributed by atoms with Gasteiger partial charge in [0, 0.05) is 22.9 Å². The fourth-order valence-electron chi connectivity index (χ4n) is 2.30. The largest absolute Gasteiger partial charge is 0.294 e. The van der Waals surface area contributed by atoms with E-state index in [4.69, 9.17) is 19.4 Å². The number of carbonyl (C=O) groups excluding carboxylic acids is 1. The number of ketones is 1. The molecule has 2 aromatic carbocycles.